The molecular formula is C8H15N3O4. The van der Waals surface area contributed by atoms with Gasteiger partial charge in [0.2, 0.25) is 5.91 Å². The number of rotatable bonds is 7. The third kappa shape index (κ3) is 4.99. The molecule has 86 valence electrons. The smallest absolute Gasteiger partial charge is 0.265 e. The lowest BCUT2D eigenvalue weighted by molar-refractivity contribution is -0.117. The number of amides is 2. The van der Waals surface area contributed by atoms with Crippen molar-refractivity contribution >= 4 is 11.8 Å². The molecule has 0 bridgehead atoms. The van der Waals surface area contributed by atoms with E-state index < -0.39 is 11.8 Å². The maximum Gasteiger partial charge on any atom is 0.265 e. The van der Waals surface area contributed by atoms with Crippen molar-refractivity contribution < 1.29 is 19.8 Å². The van der Waals surface area contributed by atoms with Gasteiger partial charge in [0.05, 0.1) is 13.2 Å². The number of primary amides is 2. The number of nitrogens with two attached hydrogens (primary N) is 2. The molecule has 6 N–H and O–H groups in total. The van der Waals surface area contributed by atoms with Crippen molar-refractivity contribution in [1.29, 1.82) is 0 Å². The third-order valence-electron chi connectivity index (χ3n) is 1.61. The molecule has 0 atom stereocenters. The molecule has 7 nitrogen and oxygen atoms in total. The number of hydrogen-bond acceptors (Lipinski definition) is 5. The summed E-state index contributed by atoms with van der Waals surface area (Å²) in [5.41, 5.74) is 9.79. The Morgan fingerprint density at radius 3 is 1.87 bits per heavy atom. The van der Waals surface area contributed by atoms with Crippen molar-refractivity contribution in [2.45, 2.75) is 0 Å². The summed E-state index contributed by atoms with van der Waals surface area (Å²) in [6.45, 7) is -0.294. The maximum absolute atomic E-state index is 11.0. The normalized spacial score (nSPS) is 11.2. The lowest BCUT2D eigenvalue weighted by Crippen LogP contribution is -2.36. The van der Waals surface area contributed by atoms with Crippen LogP contribution < -0.4 is 11.5 Å². The van der Waals surface area contributed by atoms with Gasteiger partial charge >= 0.3 is 0 Å². The zero-order valence-corrected chi connectivity index (χ0v) is 8.22. The van der Waals surface area contributed by atoms with E-state index in [-0.39, 0.29) is 32.0 Å². The van der Waals surface area contributed by atoms with Crippen LogP contribution in [-0.2, 0) is 9.59 Å². The van der Waals surface area contributed by atoms with Crippen LogP contribution in [0.15, 0.2) is 11.8 Å². The third-order valence-corrected chi connectivity index (χ3v) is 1.61. The maximum atomic E-state index is 11.0. The molecule has 0 saturated carbocycles. The van der Waals surface area contributed by atoms with Gasteiger partial charge in [0.1, 0.15) is 5.70 Å². The van der Waals surface area contributed by atoms with Crippen molar-refractivity contribution in [1.82, 2.24) is 4.90 Å². The number of carbonyl (C=O) groups is 2. The van der Waals surface area contributed by atoms with E-state index in [1.54, 1.807) is 0 Å². The van der Waals surface area contributed by atoms with E-state index in [4.69, 9.17) is 21.7 Å². The van der Waals surface area contributed by atoms with E-state index in [9.17, 15) is 9.59 Å². The highest BCUT2D eigenvalue weighted by Gasteiger charge is 2.14. The van der Waals surface area contributed by atoms with Gasteiger partial charge in [-0.1, -0.05) is 0 Å². The number of hydrogen-bond donors (Lipinski definition) is 4. The molecule has 0 saturated heterocycles. The molecule has 0 aliphatic carbocycles. The number of aliphatic hydroxyl groups is 2. The summed E-state index contributed by atoms with van der Waals surface area (Å²) < 4.78 is 0. The fourth-order valence-corrected chi connectivity index (χ4v) is 1.05. The average molecular weight is 217 g/mol. The molecule has 0 aromatic carbocycles. The minimum atomic E-state index is -0.837. The summed E-state index contributed by atoms with van der Waals surface area (Å²) in [6.07, 6.45) is 0.869. The summed E-state index contributed by atoms with van der Waals surface area (Å²) >= 11 is 0. The Balaban J connectivity index is 4.82. The van der Waals surface area contributed by atoms with Crippen molar-refractivity contribution in [3.63, 3.8) is 0 Å². The summed E-state index contributed by atoms with van der Waals surface area (Å²) in [4.78, 5) is 22.9. The van der Waals surface area contributed by atoms with Gasteiger partial charge in [0, 0.05) is 19.2 Å². The Labute approximate surface area is 87.0 Å². The highest BCUT2D eigenvalue weighted by molar-refractivity contribution is 5.99. The highest BCUT2D eigenvalue weighted by atomic mass is 16.3. The van der Waals surface area contributed by atoms with E-state index in [1.807, 2.05) is 0 Å². The van der Waals surface area contributed by atoms with Crippen LogP contribution in [0.25, 0.3) is 0 Å². The Morgan fingerprint density at radius 1 is 1.13 bits per heavy atom. The Hall–Kier alpha value is -1.60. The second-order valence-electron chi connectivity index (χ2n) is 2.73. The fourth-order valence-electron chi connectivity index (χ4n) is 1.05. The summed E-state index contributed by atoms with van der Waals surface area (Å²) in [5, 5.41) is 17.4. The Kier molecular flexibility index (Phi) is 6.07. The monoisotopic (exact) mass is 217 g/mol. The predicted octanol–water partition coefficient (Wildman–Crippen LogP) is -2.87. The Bertz CT molecular complexity index is 259. The predicted molar refractivity (Wildman–Crippen MR) is 52.2 cm³/mol. The standard InChI is InChI=1S/C8H15N3O4/c9-7(14)5-6(8(10)15)11(1-3-12)2-4-13/h5,12-13H,1-4H2,(H2,9,14)(H2,10,15). The first-order valence-electron chi connectivity index (χ1n) is 4.30. The minimum Gasteiger partial charge on any atom is -0.395 e. The van der Waals surface area contributed by atoms with Crippen LogP contribution in [0.3, 0.4) is 0 Å². The van der Waals surface area contributed by atoms with Gasteiger partial charge in [-0.3, -0.25) is 9.59 Å². The molecule has 0 aromatic heterocycles. The van der Waals surface area contributed by atoms with E-state index in [2.05, 4.69) is 0 Å². The number of aliphatic hydroxyl groups excluding tert-OH is 2. The number of nitrogens with zero attached hydrogens (tertiary/aromatic N) is 1. The van der Waals surface area contributed by atoms with E-state index >= 15 is 0 Å². The zero-order valence-electron chi connectivity index (χ0n) is 8.22. The van der Waals surface area contributed by atoms with Crippen LogP contribution in [0.1, 0.15) is 0 Å². The second kappa shape index (κ2) is 6.80. The number of carbonyl (C=O) groups excluding carboxylic acids is 2. The van der Waals surface area contributed by atoms with Gasteiger partial charge in [-0.2, -0.15) is 0 Å². The quantitative estimate of drug-likeness (QED) is 0.340. The van der Waals surface area contributed by atoms with Gasteiger partial charge in [-0.15, -0.1) is 0 Å². The van der Waals surface area contributed by atoms with Gasteiger partial charge in [0.15, 0.2) is 0 Å². The van der Waals surface area contributed by atoms with Gasteiger partial charge < -0.3 is 26.6 Å². The van der Waals surface area contributed by atoms with Crippen molar-refractivity contribution in [3.05, 3.63) is 11.8 Å². The van der Waals surface area contributed by atoms with Crippen LogP contribution in [0.2, 0.25) is 0 Å². The van der Waals surface area contributed by atoms with E-state index in [0.717, 1.165) is 6.08 Å². The second-order valence-corrected chi connectivity index (χ2v) is 2.73. The van der Waals surface area contributed by atoms with Crippen LogP contribution in [0.5, 0.6) is 0 Å². The van der Waals surface area contributed by atoms with Gasteiger partial charge in [-0.05, 0) is 0 Å². The summed E-state index contributed by atoms with van der Waals surface area (Å²) in [5.74, 6) is -1.65. The molecule has 0 aliphatic heterocycles. The van der Waals surface area contributed by atoms with Crippen molar-refractivity contribution in [2.75, 3.05) is 26.3 Å². The molecule has 0 unspecified atom stereocenters. The van der Waals surface area contributed by atoms with Crippen molar-refractivity contribution in [3.8, 4) is 0 Å². The van der Waals surface area contributed by atoms with Gasteiger partial charge in [0.25, 0.3) is 5.91 Å². The first-order valence-corrected chi connectivity index (χ1v) is 4.30. The minimum absolute atomic E-state index is 0.0859. The van der Waals surface area contributed by atoms with Crippen molar-refractivity contribution in [2.24, 2.45) is 11.5 Å². The molecule has 15 heavy (non-hydrogen) atoms. The van der Waals surface area contributed by atoms with Crippen LogP contribution in [0, 0.1) is 0 Å². The highest BCUT2D eigenvalue weighted by Crippen LogP contribution is 2.02. The summed E-state index contributed by atoms with van der Waals surface area (Å²) in [6, 6.07) is 0. The molecule has 7 heteroatoms. The molecule has 0 aromatic rings. The molecule has 2 amide bonds. The van der Waals surface area contributed by atoms with Crippen LogP contribution in [0.4, 0.5) is 0 Å². The molecular weight excluding hydrogens is 202 g/mol. The van der Waals surface area contributed by atoms with E-state index in [0.29, 0.717) is 0 Å². The van der Waals surface area contributed by atoms with E-state index in [1.165, 1.54) is 4.90 Å². The first kappa shape index (κ1) is 13.4. The van der Waals surface area contributed by atoms with Gasteiger partial charge in [-0.25, -0.2) is 0 Å². The fraction of sp³-hybridized carbons (Fsp3) is 0.500. The Morgan fingerprint density at radius 2 is 1.60 bits per heavy atom. The summed E-state index contributed by atoms with van der Waals surface area (Å²) in [7, 11) is 0. The SMILES string of the molecule is NC(=O)C=C(C(N)=O)N(CCO)CCO. The average Bonchev–Trinajstić information content (AvgIpc) is 2.13. The van der Waals surface area contributed by atoms with Crippen LogP contribution in [-0.4, -0.2) is 53.2 Å². The topological polar surface area (TPSA) is 130 Å². The lowest BCUT2D eigenvalue weighted by atomic mass is 10.3. The molecule has 0 heterocycles. The van der Waals surface area contributed by atoms with Crippen LogP contribution >= 0.6 is 0 Å². The molecule has 0 spiro atoms. The largest absolute Gasteiger partial charge is 0.395 e. The lowest BCUT2D eigenvalue weighted by Gasteiger charge is -2.23. The molecule has 0 fully saturated rings. The first-order chi connectivity index (χ1) is 7.02. The zero-order chi connectivity index (χ0) is 11.8. The molecule has 0 rings (SSSR count). The molecule has 0 radical (unpaired) electrons. The molecule has 0 aliphatic rings.